The minimum Gasteiger partial charge on any atom is -0.390 e. The Balaban J connectivity index is 1.79. The maximum Gasteiger partial charge on any atom is 0.0652 e. The van der Waals surface area contributed by atoms with Gasteiger partial charge < -0.3 is 9.84 Å². The number of aliphatic hydroxyl groups is 1. The summed E-state index contributed by atoms with van der Waals surface area (Å²) in [4.78, 5) is 0. The van der Waals surface area contributed by atoms with Crippen LogP contribution < -0.4 is 0 Å². The van der Waals surface area contributed by atoms with Crippen molar-refractivity contribution >= 4 is 0 Å². The Morgan fingerprint density at radius 3 is 2.25 bits per heavy atom. The second kappa shape index (κ2) is 5.50. The minimum atomic E-state index is -0.364. The Hall–Kier alpha value is -0.0800. The molecule has 2 aliphatic rings. The summed E-state index contributed by atoms with van der Waals surface area (Å²) < 4.78 is 5.36. The topological polar surface area (TPSA) is 29.5 Å². The molecule has 2 aliphatic carbocycles. The van der Waals surface area contributed by atoms with Crippen LogP contribution in [0.3, 0.4) is 0 Å². The largest absolute Gasteiger partial charge is 0.390 e. The smallest absolute Gasteiger partial charge is 0.0652 e. The van der Waals surface area contributed by atoms with Gasteiger partial charge in [0.25, 0.3) is 0 Å². The molecule has 0 aliphatic heterocycles. The molecule has 0 bridgehead atoms. The molecule has 16 heavy (non-hydrogen) atoms. The SMILES string of the molecule is COC1CCC(O)(CC2CCCCC2)CC1. The molecule has 0 aromatic heterocycles. The highest BCUT2D eigenvalue weighted by molar-refractivity contribution is 4.88. The van der Waals surface area contributed by atoms with Crippen LogP contribution in [0.15, 0.2) is 0 Å². The number of rotatable bonds is 3. The molecule has 0 aromatic rings. The van der Waals surface area contributed by atoms with Crippen LogP contribution in [0.4, 0.5) is 0 Å². The van der Waals surface area contributed by atoms with Crippen molar-refractivity contribution in [2.24, 2.45) is 5.92 Å². The lowest BCUT2D eigenvalue weighted by molar-refractivity contribution is -0.0594. The first-order chi connectivity index (χ1) is 7.72. The Labute approximate surface area is 99.4 Å². The van der Waals surface area contributed by atoms with Gasteiger partial charge in [-0.3, -0.25) is 0 Å². The van der Waals surface area contributed by atoms with Crippen molar-refractivity contribution in [3.8, 4) is 0 Å². The van der Waals surface area contributed by atoms with E-state index in [2.05, 4.69) is 0 Å². The van der Waals surface area contributed by atoms with Gasteiger partial charge >= 0.3 is 0 Å². The molecule has 2 fully saturated rings. The van der Waals surface area contributed by atoms with Gasteiger partial charge in [-0.05, 0) is 38.0 Å². The van der Waals surface area contributed by atoms with Crippen molar-refractivity contribution in [2.45, 2.75) is 75.9 Å². The van der Waals surface area contributed by atoms with Gasteiger partial charge in [-0.2, -0.15) is 0 Å². The summed E-state index contributed by atoms with van der Waals surface area (Å²) in [5.74, 6) is 0.790. The van der Waals surface area contributed by atoms with Crippen LogP contribution in [-0.2, 0) is 4.74 Å². The van der Waals surface area contributed by atoms with E-state index >= 15 is 0 Å². The molecule has 1 N–H and O–H groups in total. The normalized spacial score (nSPS) is 37.5. The summed E-state index contributed by atoms with van der Waals surface area (Å²) in [7, 11) is 1.79. The van der Waals surface area contributed by atoms with Gasteiger partial charge in [0.05, 0.1) is 11.7 Å². The van der Waals surface area contributed by atoms with Crippen LogP contribution in [0.25, 0.3) is 0 Å². The predicted molar refractivity (Wildman–Crippen MR) is 65.4 cm³/mol. The van der Waals surface area contributed by atoms with E-state index in [0.717, 1.165) is 38.0 Å². The van der Waals surface area contributed by atoms with Crippen LogP contribution in [-0.4, -0.2) is 23.9 Å². The van der Waals surface area contributed by atoms with Crippen molar-refractivity contribution in [2.75, 3.05) is 7.11 Å². The molecule has 0 spiro atoms. The molecule has 2 nitrogen and oxygen atoms in total. The Kier molecular flexibility index (Phi) is 4.26. The first-order valence-corrected chi connectivity index (χ1v) is 6.97. The summed E-state index contributed by atoms with van der Waals surface area (Å²) in [5.41, 5.74) is -0.364. The Morgan fingerprint density at radius 2 is 1.69 bits per heavy atom. The van der Waals surface area contributed by atoms with Crippen LogP contribution in [0.2, 0.25) is 0 Å². The molecule has 0 unspecified atom stereocenters. The van der Waals surface area contributed by atoms with E-state index in [0.29, 0.717) is 6.10 Å². The second-order valence-electron chi connectivity index (χ2n) is 5.87. The number of methoxy groups -OCH3 is 1. The maximum absolute atomic E-state index is 10.6. The second-order valence-corrected chi connectivity index (χ2v) is 5.87. The van der Waals surface area contributed by atoms with Crippen molar-refractivity contribution in [3.05, 3.63) is 0 Å². The van der Waals surface area contributed by atoms with Crippen molar-refractivity contribution < 1.29 is 9.84 Å². The third-order valence-electron chi connectivity index (χ3n) is 4.59. The third kappa shape index (κ3) is 3.21. The summed E-state index contributed by atoms with van der Waals surface area (Å²) in [6.45, 7) is 0. The molecule has 0 amide bonds. The van der Waals surface area contributed by atoms with E-state index in [1.165, 1.54) is 32.1 Å². The van der Waals surface area contributed by atoms with Gasteiger partial charge in [-0.25, -0.2) is 0 Å². The number of ether oxygens (including phenoxy) is 1. The molecule has 94 valence electrons. The molecule has 0 atom stereocenters. The number of hydrogen-bond donors (Lipinski definition) is 1. The molecular weight excluding hydrogens is 200 g/mol. The highest BCUT2D eigenvalue weighted by atomic mass is 16.5. The minimum absolute atomic E-state index is 0.364. The molecule has 0 saturated heterocycles. The lowest BCUT2D eigenvalue weighted by atomic mass is 9.74. The van der Waals surface area contributed by atoms with E-state index in [9.17, 15) is 5.11 Å². The highest BCUT2D eigenvalue weighted by Gasteiger charge is 2.35. The molecule has 0 radical (unpaired) electrons. The van der Waals surface area contributed by atoms with E-state index in [-0.39, 0.29) is 5.60 Å². The summed E-state index contributed by atoms with van der Waals surface area (Å²) >= 11 is 0. The summed E-state index contributed by atoms with van der Waals surface area (Å²) in [6.07, 6.45) is 12.3. The van der Waals surface area contributed by atoms with Crippen LogP contribution in [0.5, 0.6) is 0 Å². The third-order valence-corrected chi connectivity index (χ3v) is 4.59. The van der Waals surface area contributed by atoms with Crippen molar-refractivity contribution in [1.82, 2.24) is 0 Å². The quantitative estimate of drug-likeness (QED) is 0.800. The van der Waals surface area contributed by atoms with Gasteiger partial charge in [0.2, 0.25) is 0 Å². The van der Waals surface area contributed by atoms with Gasteiger partial charge in [0.1, 0.15) is 0 Å². The Morgan fingerprint density at radius 1 is 1.06 bits per heavy atom. The maximum atomic E-state index is 10.6. The van der Waals surface area contributed by atoms with Crippen LogP contribution in [0.1, 0.15) is 64.2 Å². The average Bonchev–Trinajstić information content (AvgIpc) is 2.31. The predicted octanol–water partition coefficient (Wildman–Crippen LogP) is 3.28. The average molecular weight is 226 g/mol. The zero-order valence-corrected chi connectivity index (χ0v) is 10.6. The van der Waals surface area contributed by atoms with E-state index < -0.39 is 0 Å². The van der Waals surface area contributed by atoms with E-state index in [1.807, 2.05) is 0 Å². The van der Waals surface area contributed by atoms with Gasteiger partial charge in [-0.15, -0.1) is 0 Å². The van der Waals surface area contributed by atoms with E-state index in [4.69, 9.17) is 4.74 Å². The zero-order valence-electron chi connectivity index (χ0n) is 10.6. The van der Waals surface area contributed by atoms with Gasteiger partial charge in [0.15, 0.2) is 0 Å². The van der Waals surface area contributed by atoms with Crippen molar-refractivity contribution in [3.63, 3.8) is 0 Å². The lowest BCUT2D eigenvalue weighted by Gasteiger charge is -2.38. The van der Waals surface area contributed by atoms with E-state index in [1.54, 1.807) is 7.11 Å². The fourth-order valence-corrected chi connectivity index (χ4v) is 3.50. The first kappa shape index (κ1) is 12.4. The van der Waals surface area contributed by atoms with Gasteiger partial charge in [-0.1, -0.05) is 32.1 Å². The lowest BCUT2D eigenvalue weighted by Crippen LogP contribution is -2.38. The molecule has 0 heterocycles. The Bertz CT molecular complexity index is 201. The van der Waals surface area contributed by atoms with Crippen LogP contribution in [0, 0.1) is 5.92 Å². The molecule has 0 aromatic carbocycles. The summed E-state index contributed by atoms with van der Waals surface area (Å²) in [5, 5.41) is 10.6. The molecule has 2 rings (SSSR count). The summed E-state index contributed by atoms with van der Waals surface area (Å²) in [6, 6.07) is 0. The monoisotopic (exact) mass is 226 g/mol. The molecular formula is C14H26O2. The molecule has 2 saturated carbocycles. The molecule has 2 heteroatoms. The first-order valence-electron chi connectivity index (χ1n) is 6.97. The fraction of sp³-hybridized carbons (Fsp3) is 1.00. The van der Waals surface area contributed by atoms with Crippen molar-refractivity contribution in [1.29, 1.82) is 0 Å². The zero-order chi connectivity index (χ0) is 11.4. The highest BCUT2D eigenvalue weighted by Crippen LogP contribution is 2.38. The fourth-order valence-electron chi connectivity index (χ4n) is 3.50. The standard InChI is InChI=1S/C14H26O2/c1-16-13-7-9-14(15,10-8-13)11-12-5-3-2-4-6-12/h12-13,15H,2-11H2,1H3. The van der Waals surface area contributed by atoms with Gasteiger partial charge in [0, 0.05) is 7.11 Å². The van der Waals surface area contributed by atoms with Crippen LogP contribution >= 0.6 is 0 Å². The number of hydrogen-bond acceptors (Lipinski definition) is 2.